The third-order valence-corrected chi connectivity index (χ3v) is 5.64. The molecule has 2 rings (SSSR count). The van der Waals surface area contributed by atoms with E-state index >= 15 is 0 Å². The Morgan fingerprint density at radius 2 is 2.04 bits per heavy atom. The minimum atomic E-state index is -0.986. The zero-order valence-electron chi connectivity index (χ0n) is 14.4. The van der Waals surface area contributed by atoms with Crippen molar-refractivity contribution in [1.29, 1.82) is 0 Å². The number of carbonyl (C=O) groups is 3. The smallest absolute Gasteiger partial charge is 0.319 e. The van der Waals surface area contributed by atoms with Gasteiger partial charge in [-0.15, -0.1) is 11.8 Å². The van der Waals surface area contributed by atoms with E-state index in [1.807, 2.05) is 0 Å². The van der Waals surface area contributed by atoms with Crippen molar-refractivity contribution in [1.82, 2.24) is 4.90 Å². The third-order valence-electron chi connectivity index (χ3n) is 4.03. The van der Waals surface area contributed by atoms with Crippen molar-refractivity contribution >= 4 is 29.6 Å². The number of amides is 1. The van der Waals surface area contributed by atoms with E-state index in [2.05, 4.69) is 0 Å². The topological polar surface area (TPSA) is 108 Å². The van der Waals surface area contributed by atoms with E-state index in [-0.39, 0.29) is 24.4 Å². The number of esters is 2. The molecule has 136 valence electrons. The minimum absolute atomic E-state index is 0.103. The second kappa shape index (κ2) is 6.89. The van der Waals surface area contributed by atoms with Crippen LogP contribution in [-0.2, 0) is 28.6 Å². The number of β-lactam (4-membered cyclic amide) rings is 1. The molecule has 2 aliphatic heterocycles. The molecule has 2 heterocycles. The molecule has 24 heavy (non-hydrogen) atoms. The summed E-state index contributed by atoms with van der Waals surface area (Å²) in [7, 11) is 1.48. The maximum atomic E-state index is 12.5. The van der Waals surface area contributed by atoms with Crippen LogP contribution in [0, 0.1) is 10.8 Å². The summed E-state index contributed by atoms with van der Waals surface area (Å²) in [6.07, 6.45) is 0. The summed E-state index contributed by atoms with van der Waals surface area (Å²) in [5.74, 6) is -0.766. The first kappa shape index (κ1) is 19.0. The molecule has 0 aromatic carbocycles. The Labute approximate surface area is 145 Å². The SMILES string of the molecule is COCC1(C(=O)OCOC(=O)C(C)(C)C)CS[C@@H]2C(N)C(=O)N2C1. The molecule has 2 N–H and O–H groups in total. The maximum Gasteiger partial charge on any atom is 0.319 e. The first-order chi connectivity index (χ1) is 11.1. The molecule has 0 saturated carbocycles. The number of rotatable bonds is 5. The zero-order chi connectivity index (χ0) is 18.1. The Morgan fingerprint density at radius 3 is 2.62 bits per heavy atom. The van der Waals surface area contributed by atoms with Crippen LogP contribution >= 0.6 is 11.8 Å². The van der Waals surface area contributed by atoms with Crippen LogP contribution in [0.3, 0.4) is 0 Å². The van der Waals surface area contributed by atoms with Crippen LogP contribution < -0.4 is 5.73 Å². The molecule has 9 heteroatoms. The summed E-state index contributed by atoms with van der Waals surface area (Å²) in [4.78, 5) is 37.7. The summed E-state index contributed by atoms with van der Waals surface area (Å²) < 4.78 is 15.3. The predicted octanol–water partition coefficient (Wildman–Crippen LogP) is -0.0484. The summed E-state index contributed by atoms with van der Waals surface area (Å²) in [6.45, 7) is 4.97. The number of fused-ring (bicyclic) bond motifs is 1. The number of thioether (sulfide) groups is 1. The van der Waals surface area contributed by atoms with Crippen molar-refractivity contribution in [3.8, 4) is 0 Å². The Balaban J connectivity index is 1.96. The molecular formula is C15H24N2O6S. The van der Waals surface area contributed by atoms with E-state index in [4.69, 9.17) is 19.9 Å². The highest BCUT2D eigenvalue weighted by Gasteiger charge is 2.56. The van der Waals surface area contributed by atoms with E-state index in [0.29, 0.717) is 5.75 Å². The van der Waals surface area contributed by atoms with Crippen LogP contribution in [0.5, 0.6) is 0 Å². The Bertz CT molecular complexity index is 535. The summed E-state index contributed by atoms with van der Waals surface area (Å²) in [5.41, 5.74) is 4.09. The Morgan fingerprint density at radius 1 is 1.38 bits per heavy atom. The van der Waals surface area contributed by atoms with E-state index in [1.165, 1.54) is 18.9 Å². The van der Waals surface area contributed by atoms with E-state index in [9.17, 15) is 14.4 Å². The monoisotopic (exact) mass is 360 g/mol. The average Bonchev–Trinajstić information content (AvgIpc) is 2.53. The second-order valence-corrected chi connectivity index (χ2v) is 8.24. The number of ether oxygens (including phenoxy) is 3. The van der Waals surface area contributed by atoms with Crippen molar-refractivity contribution < 1.29 is 28.6 Å². The highest BCUT2D eigenvalue weighted by Crippen LogP contribution is 2.42. The first-order valence-electron chi connectivity index (χ1n) is 7.63. The molecule has 2 saturated heterocycles. The molecule has 8 nitrogen and oxygen atoms in total. The van der Waals surface area contributed by atoms with Crippen molar-refractivity contribution in [2.24, 2.45) is 16.6 Å². The minimum Gasteiger partial charge on any atom is -0.427 e. The second-order valence-electron chi connectivity index (χ2n) is 7.14. The molecular weight excluding hydrogens is 336 g/mol. The zero-order valence-corrected chi connectivity index (χ0v) is 15.2. The highest BCUT2D eigenvalue weighted by atomic mass is 32.2. The van der Waals surface area contributed by atoms with Crippen LogP contribution in [0.1, 0.15) is 20.8 Å². The average molecular weight is 360 g/mol. The lowest BCUT2D eigenvalue weighted by atomic mass is 9.88. The lowest BCUT2D eigenvalue weighted by molar-refractivity contribution is -0.182. The van der Waals surface area contributed by atoms with Gasteiger partial charge in [0.25, 0.3) is 0 Å². The summed E-state index contributed by atoms with van der Waals surface area (Å²) >= 11 is 1.44. The normalized spacial score (nSPS) is 29.5. The van der Waals surface area contributed by atoms with Crippen molar-refractivity contribution in [3.63, 3.8) is 0 Å². The van der Waals surface area contributed by atoms with Gasteiger partial charge in [0.1, 0.15) is 16.8 Å². The van der Waals surface area contributed by atoms with Gasteiger partial charge in [-0.1, -0.05) is 0 Å². The number of nitrogens with zero attached hydrogens (tertiary/aromatic N) is 1. The Hall–Kier alpha value is -1.32. The molecule has 0 spiro atoms. The number of nitrogens with two attached hydrogens (primary N) is 1. The number of carbonyl (C=O) groups excluding carboxylic acids is 3. The molecule has 2 unspecified atom stereocenters. The van der Waals surface area contributed by atoms with E-state index in [0.717, 1.165) is 0 Å². The fourth-order valence-electron chi connectivity index (χ4n) is 2.58. The Kier molecular flexibility index (Phi) is 5.46. The van der Waals surface area contributed by atoms with Crippen molar-refractivity contribution in [3.05, 3.63) is 0 Å². The van der Waals surface area contributed by atoms with E-state index in [1.54, 1.807) is 25.7 Å². The third kappa shape index (κ3) is 3.52. The van der Waals surface area contributed by atoms with Crippen LogP contribution in [0.2, 0.25) is 0 Å². The molecule has 2 aliphatic rings. The van der Waals surface area contributed by atoms with Gasteiger partial charge in [0, 0.05) is 19.4 Å². The van der Waals surface area contributed by atoms with Gasteiger partial charge in [-0.25, -0.2) is 0 Å². The lowest BCUT2D eigenvalue weighted by Crippen LogP contribution is -2.72. The fraction of sp³-hybridized carbons (Fsp3) is 0.800. The molecule has 0 aromatic rings. The van der Waals surface area contributed by atoms with Crippen LogP contribution in [0.25, 0.3) is 0 Å². The van der Waals surface area contributed by atoms with Gasteiger partial charge in [0.2, 0.25) is 12.7 Å². The highest BCUT2D eigenvalue weighted by molar-refractivity contribution is 8.00. The van der Waals surface area contributed by atoms with Gasteiger partial charge >= 0.3 is 11.9 Å². The van der Waals surface area contributed by atoms with Gasteiger partial charge in [-0.05, 0) is 20.8 Å². The predicted molar refractivity (Wildman–Crippen MR) is 86.7 cm³/mol. The molecule has 0 radical (unpaired) electrons. The molecule has 1 amide bonds. The molecule has 0 aromatic heterocycles. The van der Waals surface area contributed by atoms with Crippen molar-refractivity contribution in [2.75, 3.05) is 32.8 Å². The van der Waals surface area contributed by atoms with Gasteiger partial charge in [0.15, 0.2) is 0 Å². The molecule has 0 aliphatic carbocycles. The van der Waals surface area contributed by atoms with E-state index < -0.39 is 35.6 Å². The number of hydrogen-bond acceptors (Lipinski definition) is 8. The van der Waals surface area contributed by atoms with Gasteiger partial charge in [-0.2, -0.15) is 0 Å². The maximum absolute atomic E-state index is 12.5. The standard InChI is InChI=1S/C15H24N2O6S/c1-14(2,3)12(19)22-8-23-13(20)15(6-21-4)5-17-10(18)9(16)11(17)24-7-15/h9,11H,5-8,16H2,1-4H3/t9?,11-,15?/m1/s1. The van der Waals surface area contributed by atoms with Gasteiger partial charge in [0.05, 0.1) is 12.0 Å². The van der Waals surface area contributed by atoms with Gasteiger partial charge in [-0.3, -0.25) is 14.4 Å². The van der Waals surface area contributed by atoms with Crippen LogP contribution in [0.4, 0.5) is 0 Å². The molecule has 0 bridgehead atoms. The fourth-order valence-corrected chi connectivity index (χ4v) is 4.05. The number of methoxy groups -OCH3 is 1. The van der Waals surface area contributed by atoms with Crippen LogP contribution in [-0.4, -0.2) is 67.0 Å². The first-order valence-corrected chi connectivity index (χ1v) is 8.68. The largest absolute Gasteiger partial charge is 0.427 e. The quantitative estimate of drug-likeness (QED) is 0.413. The summed E-state index contributed by atoms with van der Waals surface area (Å²) in [6, 6.07) is -0.515. The van der Waals surface area contributed by atoms with Gasteiger partial charge < -0.3 is 24.8 Å². The lowest BCUT2D eigenvalue weighted by Gasteiger charge is -2.52. The molecule has 3 atom stereocenters. The number of hydrogen-bond donors (Lipinski definition) is 1. The van der Waals surface area contributed by atoms with Crippen LogP contribution in [0.15, 0.2) is 0 Å². The summed E-state index contributed by atoms with van der Waals surface area (Å²) in [5, 5.41) is -0.103. The molecule has 2 fully saturated rings. The van der Waals surface area contributed by atoms with Crippen molar-refractivity contribution in [2.45, 2.75) is 32.2 Å².